The Morgan fingerprint density at radius 1 is 1.24 bits per heavy atom. The third-order valence-electron chi connectivity index (χ3n) is 2.63. The molecule has 0 unspecified atom stereocenters. The fourth-order valence-corrected chi connectivity index (χ4v) is 1.88. The second kappa shape index (κ2) is 7.64. The van der Waals surface area contributed by atoms with Gasteiger partial charge in [-0.25, -0.2) is 4.98 Å². The summed E-state index contributed by atoms with van der Waals surface area (Å²) >= 11 is 6.08. The molecule has 0 aliphatic carbocycles. The molecular weight excluding hydrogens is 234 g/mol. The van der Waals surface area contributed by atoms with Crippen molar-refractivity contribution in [2.45, 2.75) is 19.9 Å². The fraction of sp³-hybridized carbons (Fsp3) is 0.615. The highest BCUT2D eigenvalue weighted by molar-refractivity contribution is 6.30. The first-order valence-electron chi connectivity index (χ1n) is 6.10. The Balaban J connectivity index is 2.56. The second-order valence-electron chi connectivity index (χ2n) is 4.53. The summed E-state index contributed by atoms with van der Waals surface area (Å²) in [6, 6.07) is 3.99. The Kier molecular flexibility index (Phi) is 6.48. The minimum Gasteiger partial charge on any atom is -0.308 e. The molecule has 0 aliphatic heterocycles. The number of halogens is 1. The van der Waals surface area contributed by atoms with Gasteiger partial charge in [0.2, 0.25) is 0 Å². The van der Waals surface area contributed by atoms with Crippen LogP contribution in [0.15, 0.2) is 18.3 Å². The quantitative estimate of drug-likeness (QED) is 0.698. The summed E-state index contributed by atoms with van der Waals surface area (Å²) in [5.41, 5.74) is 1.11. The van der Waals surface area contributed by atoms with Gasteiger partial charge in [-0.1, -0.05) is 24.6 Å². The summed E-state index contributed by atoms with van der Waals surface area (Å²) in [5.74, 6) is 0. The number of hydrogen-bond donors (Lipinski definition) is 0. The fourth-order valence-electron chi connectivity index (χ4n) is 1.71. The summed E-state index contributed by atoms with van der Waals surface area (Å²) in [5, 5.41) is 0.624. The Hall–Kier alpha value is -0.640. The number of rotatable bonds is 7. The molecule has 0 amide bonds. The third kappa shape index (κ3) is 5.48. The third-order valence-corrected chi connectivity index (χ3v) is 2.97. The maximum absolute atomic E-state index is 6.08. The first-order chi connectivity index (χ1) is 8.13. The first kappa shape index (κ1) is 14.4. The largest absolute Gasteiger partial charge is 0.308 e. The van der Waals surface area contributed by atoms with Gasteiger partial charge in [0.1, 0.15) is 5.15 Å². The lowest BCUT2D eigenvalue weighted by Gasteiger charge is -2.23. The lowest BCUT2D eigenvalue weighted by molar-refractivity contribution is 0.234. The molecule has 0 aromatic carbocycles. The van der Waals surface area contributed by atoms with E-state index < -0.39 is 0 Å². The summed E-state index contributed by atoms with van der Waals surface area (Å²) in [6.07, 6.45) is 2.89. The van der Waals surface area contributed by atoms with E-state index in [0.717, 1.165) is 38.2 Å². The van der Waals surface area contributed by atoms with E-state index >= 15 is 0 Å². The number of aromatic nitrogens is 1. The zero-order chi connectivity index (χ0) is 12.7. The Bertz CT molecular complexity index is 328. The Morgan fingerprint density at radius 3 is 2.59 bits per heavy atom. The molecule has 96 valence electrons. The number of hydrogen-bond acceptors (Lipinski definition) is 3. The molecule has 0 fully saturated rings. The van der Waals surface area contributed by atoms with E-state index in [2.05, 4.69) is 35.8 Å². The van der Waals surface area contributed by atoms with Crippen molar-refractivity contribution in [2.75, 3.05) is 33.7 Å². The molecule has 0 aliphatic rings. The molecule has 1 aromatic heterocycles. The van der Waals surface area contributed by atoms with Crippen molar-refractivity contribution >= 4 is 11.6 Å². The summed E-state index contributed by atoms with van der Waals surface area (Å²) < 4.78 is 0. The summed E-state index contributed by atoms with van der Waals surface area (Å²) in [6.45, 7) is 6.31. The summed E-state index contributed by atoms with van der Waals surface area (Å²) in [4.78, 5) is 8.74. The van der Waals surface area contributed by atoms with Crippen LogP contribution in [-0.4, -0.2) is 48.5 Å². The molecule has 4 heteroatoms. The topological polar surface area (TPSA) is 19.4 Å². The molecule has 0 atom stereocenters. The SMILES string of the molecule is CCCN(CCN(C)C)Cc1cccnc1Cl. The van der Waals surface area contributed by atoms with Crippen molar-refractivity contribution in [1.29, 1.82) is 0 Å². The normalized spacial score (nSPS) is 11.4. The van der Waals surface area contributed by atoms with Gasteiger partial charge in [0.15, 0.2) is 0 Å². The van der Waals surface area contributed by atoms with E-state index in [0.29, 0.717) is 5.15 Å². The molecule has 0 saturated heterocycles. The summed E-state index contributed by atoms with van der Waals surface area (Å²) in [7, 11) is 4.20. The van der Waals surface area contributed by atoms with Crippen molar-refractivity contribution in [3.8, 4) is 0 Å². The lowest BCUT2D eigenvalue weighted by Crippen LogP contribution is -2.32. The van der Waals surface area contributed by atoms with Crippen molar-refractivity contribution < 1.29 is 0 Å². The van der Waals surface area contributed by atoms with Crippen LogP contribution in [-0.2, 0) is 6.54 Å². The van der Waals surface area contributed by atoms with Crippen LogP contribution in [0.3, 0.4) is 0 Å². The minimum absolute atomic E-state index is 0.624. The predicted octanol–water partition coefficient (Wildman–Crippen LogP) is 2.51. The van der Waals surface area contributed by atoms with Crippen LogP contribution in [0.25, 0.3) is 0 Å². The van der Waals surface area contributed by atoms with E-state index in [1.807, 2.05) is 12.1 Å². The molecule has 0 saturated carbocycles. The van der Waals surface area contributed by atoms with E-state index in [9.17, 15) is 0 Å². The van der Waals surface area contributed by atoms with E-state index in [-0.39, 0.29) is 0 Å². The molecule has 1 rings (SSSR count). The average molecular weight is 256 g/mol. The van der Waals surface area contributed by atoms with Gasteiger partial charge in [-0.2, -0.15) is 0 Å². The van der Waals surface area contributed by atoms with Gasteiger partial charge in [0.25, 0.3) is 0 Å². The Morgan fingerprint density at radius 2 is 2.00 bits per heavy atom. The molecule has 17 heavy (non-hydrogen) atoms. The average Bonchev–Trinajstić information content (AvgIpc) is 2.29. The van der Waals surface area contributed by atoms with E-state index in [1.165, 1.54) is 0 Å². The van der Waals surface area contributed by atoms with Crippen LogP contribution >= 0.6 is 11.6 Å². The van der Waals surface area contributed by atoms with Gasteiger partial charge in [-0.15, -0.1) is 0 Å². The van der Waals surface area contributed by atoms with Crippen LogP contribution in [0.5, 0.6) is 0 Å². The zero-order valence-electron chi connectivity index (χ0n) is 11.0. The lowest BCUT2D eigenvalue weighted by atomic mass is 10.2. The van der Waals surface area contributed by atoms with Gasteiger partial charge in [-0.05, 0) is 33.1 Å². The van der Waals surface area contributed by atoms with E-state index in [4.69, 9.17) is 11.6 Å². The monoisotopic (exact) mass is 255 g/mol. The second-order valence-corrected chi connectivity index (χ2v) is 4.89. The van der Waals surface area contributed by atoms with Crippen molar-refractivity contribution in [1.82, 2.24) is 14.8 Å². The molecule has 0 radical (unpaired) electrons. The highest BCUT2D eigenvalue weighted by atomic mass is 35.5. The van der Waals surface area contributed by atoms with Crippen LogP contribution in [0.1, 0.15) is 18.9 Å². The van der Waals surface area contributed by atoms with Crippen LogP contribution in [0, 0.1) is 0 Å². The molecule has 3 nitrogen and oxygen atoms in total. The maximum atomic E-state index is 6.08. The van der Waals surface area contributed by atoms with Gasteiger partial charge in [-0.3, -0.25) is 4.90 Å². The van der Waals surface area contributed by atoms with Crippen molar-refractivity contribution in [3.05, 3.63) is 29.0 Å². The molecule has 0 N–H and O–H groups in total. The standard InChI is InChI=1S/C13H22ClN3/c1-4-8-17(10-9-16(2)3)11-12-6-5-7-15-13(12)14/h5-7H,4,8-11H2,1-3H3. The van der Waals surface area contributed by atoms with Crippen LogP contribution < -0.4 is 0 Å². The highest BCUT2D eigenvalue weighted by Crippen LogP contribution is 2.14. The number of likely N-dealkylation sites (N-methyl/N-ethyl adjacent to an activating group) is 1. The zero-order valence-corrected chi connectivity index (χ0v) is 11.7. The van der Waals surface area contributed by atoms with Gasteiger partial charge < -0.3 is 4.90 Å². The maximum Gasteiger partial charge on any atom is 0.133 e. The molecule has 0 bridgehead atoms. The molecular formula is C13H22ClN3. The molecule has 1 heterocycles. The van der Waals surface area contributed by atoms with Crippen molar-refractivity contribution in [3.63, 3.8) is 0 Å². The van der Waals surface area contributed by atoms with Crippen LogP contribution in [0.4, 0.5) is 0 Å². The number of nitrogens with zero attached hydrogens (tertiary/aromatic N) is 3. The highest BCUT2D eigenvalue weighted by Gasteiger charge is 2.08. The first-order valence-corrected chi connectivity index (χ1v) is 6.47. The van der Waals surface area contributed by atoms with Crippen molar-refractivity contribution in [2.24, 2.45) is 0 Å². The predicted molar refractivity (Wildman–Crippen MR) is 73.4 cm³/mol. The van der Waals surface area contributed by atoms with Gasteiger partial charge >= 0.3 is 0 Å². The smallest absolute Gasteiger partial charge is 0.133 e. The molecule has 1 aromatic rings. The Labute approximate surface area is 109 Å². The van der Waals surface area contributed by atoms with Crippen LogP contribution in [0.2, 0.25) is 5.15 Å². The number of pyridine rings is 1. The minimum atomic E-state index is 0.624. The van der Waals surface area contributed by atoms with E-state index in [1.54, 1.807) is 6.20 Å². The van der Waals surface area contributed by atoms with Gasteiger partial charge in [0.05, 0.1) is 0 Å². The molecule has 0 spiro atoms. The van der Waals surface area contributed by atoms with Gasteiger partial charge in [0, 0.05) is 31.4 Å².